The first kappa shape index (κ1) is 13.3. The zero-order valence-electron chi connectivity index (χ0n) is 10.1. The Labute approximate surface area is 109 Å². The molecule has 0 amide bonds. The summed E-state index contributed by atoms with van der Waals surface area (Å²) < 4.78 is 0. The van der Waals surface area contributed by atoms with Crippen molar-refractivity contribution in [1.29, 1.82) is 0 Å². The molecule has 2 aromatic rings. The van der Waals surface area contributed by atoms with Gasteiger partial charge in [-0.05, 0) is 12.1 Å². The number of rotatable bonds is 5. The van der Waals surface area contributed by atoms with E-state index >= 15 is 0 Å². The second-order valence-electron chi connectivity index (χ2n) is 4.10. The van der Waals surface area contributed by atoms with E-state index in [2.05, 4.69) is 10.3 Å². The molecule has 0 fully saturated rings. The number of aliphatic hydroxyl groups is 2. The molecule has 0 spiro atoms. The van der Waals surface area contributed by atoms with Gasteiger partial charge in [-0.1, -0.05) is 18.2 Å². The lowest BCUT2D eigenvalue weighted by atomic mass is 10.1. The minimum atomic E-state index is -1.09. The molecule has 0 saturated carbocycles. The number of para-hydroxylation sites is 1. The number of pyridine rings is 1. The first-order valence-electron chi connectivity index (χ1n) is 5.77. The van der Waals surface area contributed by atoms with Gasteiger partial charge in [0.2, 0.25) is 0 Å². The normalized spacial score (nSPS) is 12.3. The molecule has 1 heterocycles. The molecule has 2 rings (SSSR count). The molecule has 0 aliphatic rings. The minimum Gasteiger partial charge on any atom is -0.477 e. The summed E-state index contributed by atoms with van der Waals surface area (Å²) in [5.74, 6) is -1.09. The van der Waals surface area contributed by atoms with Crippen molar-refractivity contribution in [3.63, 3.8) is 0 Å². The van der Waals surface area contributed by atoms with Crippen LogP contribution in [0.2, 0.25) is 0 Å². The molecule has 100 valence electrons. The number of carboxylic acid groups (broad SMARTS) is 1. The van der Waals surface area contributed by atoms with Crippen molar-refractivity contribution in [1.82, 2.24) is 4.98 Å². The molecule has 0 bridgehead atoms. The molecule has 1 aromatic heterocycles. The Morgan fingerprint density at radius 2 is 2.11 bits per heavy atom. The maximum Gasteiger partial charge on any atom is 0.354 e. The van der Waals surface area contributed by atoms with Gasteiger partial charge < -0.3 is 20.6 Å². The highest BCUT2D eigenvalue weighted by Gasteiger charge is 2.09. The predicted molar refractivity (Wildman–Crippen MR) is 70.3 cm³/mol. The fourth-order valence-corrected chi connectivity index (χ4v) is 1.70. The maximum absolute atomic E-state index is 10.9. The molecule has 0 aliphatic heterocycles. The molecular weight excluding hydrogens is 248 g/mol. The Morgan fingerprint density at radius 3 is 2.79 bits per heavy atom. The third-order valence-electron chi connectivity index (χ3n) is 2.68. The van der Waals surface area contributed by atoms with Crippen LogP contribution >= 0.6 is 0 Å². The van der Waals surface area contributed by atoms with Crippen molar-refractivity contribution in [3.8, 4) is 0 Å². The number of carboxylic acids is 1. The lowest BCUT2D eigenvalue weighted by Crippen LogP contribution is -2.23. The summed E-state index contributed by atoms with van der Waals surface area (Å²) in [7, 11) is 0. The van der Waals surface area contributed by atoms with Gasteiger partial charge in [-0.25, -0.2) is 9.78 Å². The van der Waals surface area contributed by atoms with Crippen LogP contribution in [0.4, 0.5) is 5.69 Å². The Balaban J connectivity index is 2.37. The van der Waals surface area contributed by atoms with Gasteiger partial charge in [0, 0.05) is 11.9 Å². The number of aromatic carboxylic acids is 1. The molecule has 6 nitrogen and oxygen atoms in total. The van der Waals surface area contributed by atoms with E-state index < -0.39 is 12.1 Å². The van der Waals surface area contributed by atoms with Crippen LogP contribution in [0.25, 0.3) is 10.9 Å². The number of fused-ring (bicyclic) bond motifs is 1. The molecule has 1 atom stereocenters. The van der Waals surface area contributed by atoms with Gasteiger partial charge in [-0.2, -0.15) is 0 Å². The van der Waals surface area contributed by atoms with E-state index in [1.54, 1.807) is 18.2 Å². The number of nitrogens with one attached hydrogen (secondary N) is 1. The maximum atomic E-state index is 10.9. The van der Waals surface area contributed by atoms with Gasteiger partial charge in [-0.15, -0.1) is 0 Å². The van der Waals surface area contributed by atoms with Gasteiger partial charge in [0.15, 0.2) is 0 Å². The van der Waals surface area contributed by atoms with E-state index in [0.717, 1.165) is 5.39 Å². The van der Waals surface area contributed by atoms with Crippen LogP contribution in [0.5, 0.6) is 0 Å². The average molecular weight is 262 g/mol. The summed E-state index contributed by atoms with van der Waals surface area (Å²) in [6.45, 7) is -0.180. The molecule has 0 aliphatic carbocycles. The summed E-state index contributed by atoms with van der Waals surface area (Å²) in [5.41, 5.74) is 1.10. The molecule has 19 heavy (non-hydrogen) atoms. The Morgan fingerprint density at radius 1 is 1.32 bits per heavy atom. The summed E-state index contributed by atoms with van der Waals surface area (Å²) in [6.07, 6.45) is -0.877. The first-order valence-corrected chi connectivity index (χ1v) is 5.77. The fraction of sp³-hybridized carbons (Fsp3) is 0.231. The molecule has 0 radical (unpaired) electrons. The van der Waals surface area contributed by atoms with Crippen LogP contribution in [0.1, 0.15) is 10.5 Å². The zero-order valence-corrected chi connectivity index (χ0v) is 10.1. The lowest BCUT2D eigenvalue weighted by Gasteiger charge is -2.12. The predicted octanol–water partition coefficient (Wildman–Crippen LogP) is 0.698. The third kappa shape index (κ3) is 2.98. The van der Waals surface area contributed by atoms with Crippen molar-refractivity contribution in [2.45, 2.75) is 6.10 Å². The highest BCUT2D eigenvalue weighted by Crippen LogP contribution is 2.21. The third-order valence-corrected chi connectivity index (χ3v) is 2.68. The molecular formula is C13H14N2O4. The van der Waals surface area contributed by atoms with Crippen molar-refractivity contribution in [3.05, 3.63) is 36.0 Å². The molecule has 4 N–H and O–H groups in total. The highest BCUT2D eigenvalue weighted by molar-refractivity contribution is 5.94. The van der Waals surface area contributed by atoms with Gasteiger partial charge >= 0.3 is 5.97 Å². The van der Waals surface area contributed by atoms with Gasteiger partial charge in [-0.3, -0.25) is 0 Å². The number of nitrogens with zero attached hydrogens (tertiary/aromatic N) is 1. The summed E-state index contributed by atoms with van der Waals surface area (Å²) in [5, 5.41) is 30.7. The number of hydrogen-bond donors (Lipinski definition) is 4. The standard InChI is InChI=1S/C13H14N2O4/c16-7-9(17)6-14-10-3-1-2-8-4-5-11(13(18)19)15-12(8)10/h1-5,9,14,16-17H,6-7H2,(H,18,19). The number of aliphatic hydroxyl groups excluding tert-OH is 2. The first-order chi connectivity index (χ1) is 9.11. The van der Waals surface area contributed by atoms with Crippen LogP contribution < -0.4 is 5.32 Å². The molecule has 1 unspecified atom stereocenters. The Kier molecular flexibility index (Phi) is 3.94. The van der Waals surface area contributed by atoms with E-state index in [4.69, 9.17) is 10.2 Å². The second-order valence-corrected chi connectivity index (χ2v) is 4.10. The summed E-state index contributed by atoms with van der Waals surface area (Å²) in [6, 6.07) is 8.49. The quantitative estimate of drug-likeness (QED) is 0.632. The Hall–Kier alpha value is -2.18. The van der Waals surface area contributed by atoms with Crippen molar-refractivity contribution in [2.24, 2.45) is 0 Å². The Bertz CT molecular complexity index is 600. The minimum absolute atomic E-state index is 0.0375. The van der Waals surface area contributed by atoms with E-state index in [-0.39, 0.29) is 18.8 Å². The van der Waals surface area contributed by atoms with E-state index in [0.29, 0.717) is 11.2 Å². The van der Waals surface area contributed by atoms with Crippen molar-refractivity contribution < 1.29 is 20.1 Å². The molecule has 1 aromatic carbocycles. The topological polar surface area (TPSA) is 103 Å². The highest BCUT2D eigenvalue weighted by atomic mass is 16.4. The van der Waals surface area contributed by atoms with Crippen LogP contribution in [0.15, 0.2) is 30.3 Å². The monoisotopic (exact) mass is 262 g/mol. The van der Waals surface area contributed by atoms with Crippen LogP contribution in [0.3, 0.4) is 0 Å². The number of aromatic nitrogens is 1. The van der Waals surface area contributed by atoms with Gasteiger partial charge in [0.1, 0.15) is 5.69 Å². The number of carbonyl (C=O) groups is 1. The van der Waals surface area contributed by atoms with Crippen LogP contribution in [-0.4, -0.2) is 45.5 Å². The van der Waals surface area contributed by atoms with Gasteiger partial charge in [0.05, 0.1) is 23.9 Å². The van der Waals surface area contributed by atoms with Crippen LogP contribution in [0, 0.1) is 0 Å². The largest absolute Gasteiger partial charge is 0.477 e. The van der Waals surface area contributed by atoms with Crippen molar-refractivity contribution >= 4 is 22.6 Å². The summed E-state index contributed by atoms with van der Waals surface area (Å²) in [4.78, 5) is 15.0. The van der Waals surface area contributed by atoms with Crippen molar-refractivity contribution in [2.75, 3.05) is 18.5 Å². The fourth-order valence-electron chi connectivity index (χ4n) is 1.70. The lowest BCUT2D eigenvalue weighted by molar-refractivity contribution is 0.0691. The SMILES string of the molecule is O=C(O)c1ccc2cccc(NCC(O)CO)c2n1. The molecule has 0 saturated heterocycles. The average Bonchev–Trinajstić information content (AvgIpc) is 2.43. The molecule has 6 heteroatoms. The smallest absolute Gasteiger partial charge is 0.354 e. The van der Waals surface area contributed by atoms with Crippen LogP contribution in [-0.2, 0) is 0 Å². The van der Waals surface area contributed by atoms with E-state index in [1.165, 1.54) is 6.07 Å². The number of hydrogen-bond acceptors (Lipinski definition) is 5. The number of benzene rings is 1. The van der Waals surface area contributed by atoms with Gasteiger partial charge in [0.25, 0.3) is 0 Å². The second kappa shape index (κ2) is 5.64. The van der Waals surface area contributed by atoms with E-state index in [1.807, 2.05) is 6.07 Å². The summed E-state index contributed by atoms with van der Waals surface area (Å²) >= 11 is 0. The van der Waals surface area contributed by atoms with E-state index in [9.17, 15) is 9.90 Å². The zero-order chi connectivity index (χ0) is 13.8. The number of anilines is 1.